The van der Waals surface area contributed by atoms with Gasteiger partial charge in [-0.25, -0.2) is 0 Å². The summed E-state index contributed by atoms with van der Waals surface area (Å²) in [6, 6.07) is 5.49. The molecule has 1 aliphatic heterocycles. The molecule has 0 N–H and O–H groups in total. The molecule has 0 spiro atoms. The van der Waals surface area contributed by atoms with Gasteiger partial charge in [0.2, 0.25) is 0 Å². The van der Waals surface area contributed by atoms with E-state index >= 15 is 0 Å². The molecular weight excluding hydrogens is 182 g/mol. The molecule has 0 bridgehead atoms. The molecule has 1 saturated heterocycles. The lowest BCUT2D eigenvalue weighted by molar-refractivity contribution is 0.0928. The molecule has 1 aromatic rings. The first kappa shape index (κ1) is 8.75. The summed E-state index contributed by atoms with van der Waals surface area (Å²) in [6.07, 6.45) is 2.69. The maximum Gasteiger partial charge on any atom is 0.185 e. The number of hydrogen-bond acceptors (Lipinski definition) is 3. The van der Waals surface area contributed by atoms with Gasteiger partial charge in [-0.15, -0.1) is 0 Å². The predicted octanol–water partition coefficient (Wildman–Crippen LogP) is 2.02. The predicted molar refractivity (Wildman–Crippen MR) is 54.0 cm³/mol. The van der Waals surface area contributed by atoms with Crippen molar-refractivity contribution in [2.24, 2.45) is 5.92 Å². The maximum atomic E-state index is 11.8. The fraction of sp³-hybridized carbons (Fsp3) is 0.400. The highest BCUT2D eigenvalue weighted by atomic mass is 32.2. The number of rotatable bonds is 2. The molecule has 2 nitrogen and oxygen atoms in total. The molecule has 3 heteroatoms. The Labute approximate surface area is 81.8 Å². The number of pyridine rings is 1. The first-order valence-electron chi connectivity index (χ1n) is 4.41. The lowest BCUT2D eigenvalue weighted by Gasteiger charge is -2.04. The van der Waals surface area contributed by atoms with Crippen molar-refractivity contribution in [3.63, 3.8) is 0 Å². The minimum absolute atomic E-state index is 0.208. The van der Waals surface area contributed by atoms with Crippen LogP contribution in [-0.2, 0) is 0 Å². The highest BCUT2D eigenvalue weighted by Crippen LogP contribution is 2.25. The van der Waals surface area contributed by atoms with Crippen molar-refractivity contribution < 1.29 is 4.79 Å². The standard InChI is InChI=1S/C10H11NOS/c12-10(8-4-6-13-7-8)9-3-1-2-5-11-9/h1-3,5,8H,4,6-7H2/t8-/m1/s1. The lowest BCUT2D eigenvalue weighted by Crippen LogP contribution is -2.14. The number of carbonyl (C=O) groups excluding carboxylic acids is 1. The van der Waals surface area contributed by atoms with Gasteiger partial charge in [0.1, 0.15) is 5.69 Å². The Hall–Kier alpha value is -0.830. The minimum Gasteiger partial charge on any atom is -0.292 e. The van der Waals surface area contributed by atoms with Gasteiger partial charge in [0.15, 0.2) is 5.78 Å². The van der Waals surface area contributed by atoms with E-state index in [9.17, 15) is 4.79 Å². The SMILES string of the molecule is O=C(c1ccccn1)[C@@H]1CCSC1. The molecule has 68 valence electrons. The Morgan fingerprint density at radius 1 is 1.54 bits per heavy atom. The fourth-order valence-corrected chi connectivity index (χ4v) is 2.68. The minimum atomic E-state index is 0.208. The Morgan fingerprint density at radius 3 is 3.08 bits per heavy atom. The molecule has 0 amide bonds. The molecule has 2 heterocycles. The zero-order valence-electron chi connectivity index (χ0n) is 7.27. The number of hydrogen-bond donors (Lipinski definition) is 0. The number of nitrogens with zero attached hydrogens (tertiary/aromatic N) is 1. The van der Waals surface area contributed by atoms with Gasteiger partial charge >= 0.3 is 0 Å². The van der Waals surface area contributed by atoms with E-state index in [0.717, 1.165) is 17.9 Å². The van der Waals surface area contributed by atoms with Crippen molar-refractivity contribution in [1.82, 2.24) is 4.98 Å². The van der Waals surface area contributed by atoms with Crippen LogP contribution < -0.4 is 0 Å². The van der Waals surface area contributed by atoms with Crippen molar-refractivity contribution in [3.8, 4) is 0 Å². The summed E-state index contributed by atoms with van der Waals surface area (Å²) >= 11 is 1.86. The summed E-state index contributed by atoms with van der Waals surface area (Å²) in [5.74, 6) is 2.50. The van der Waals surface area contributed by atoms with Crippen LogP contribution in [0.5, 0.6) is 0 Å². The van der Waals surface area contributed by atoms with Gasteiger partial charge in [-0.3, -0.25) is 9.78 Å². The molecular formula is C10H11NOS. The molecule has 0 aliphatic carbocycles. The number of Topliss-reactive ketones (excluding diaryl/α,β-unsaturated/α-hetero) is 1. The van der Waals surface area contributed by atoms with Crippen LogP contribution >= 0.6 is 11.8 Å². The van der Waals surface area contributed by atoms with Crippen molar-refractivity contribution in [3.05, 3.63) is 30.1 Å². The van der Waals surface area contributed by atoms with Crippen LogP contribution in [0, 0.1) is 5.92 Å². The molecule has 0 aromatic carbocycles. The van der Waals surface area contributed by atoms with E-state index in [1.54, 1.807) is 12.3 Å². The highest BCUT2D eigenvalue weighted by molar-refractivity contribution is 7.99. The van der Waals surface area contributed by atoms with Crippen LogP contribution in [-0.4, -0.2) is 22.3 Å². The summed E-state index contributed by atoms with van der Waals surface area (Å²) in [7, 11) is 0. The summed E-state index contributed by atoms with van der Waals surface area (Å²) < 4.78 is 0. The Bertz CT molecular complexity index is 293. The number of aromatic nitrogens is 1. The second-order valence-corrected chi connectivity index (χ2v) is 4.29. The lowest BCUT2D eigenvalue weighted by atomic mass is 10.0. The normalized spacial score (nSPS) is 21.7. The summed E-state index contributed by atoms with van der Waals surface area (Å²) in [4.78, 5) is 15.8. The molecule has 1 atom stereocenters. The van der Waals surface area contributed by atoms with Crippen molar-refractivity contribution >= 4 is 17.5 Å². The van der Waals surface area contributed by atoms with Crippen LogP contribution in [0.2, 0.25) is 0 Å². The van der Waals surface area contributed by atoms with Gasteiger partial charge in [0, 0.05) is 17.9 Å². The van der Waals surface area contributed by atoms with Crippen LogP contribution in [0.4, 0.5) is 0 Å². The Kier molecular flexibility index (Phi) is 2.64. The van der Waals surface area contributed by atoms with Gasteiger partial charge in [0.25, 0.3) is 0 Å². The van der Waals surface area contributed by atoms with Crippen LogP contribution in [0.3, 0.4) is 0 Å². The molecule has 1 aromatic heterocycles. The molecule has 0 saturated carbocycles. The zero-order chi connectivity index (χ0) is 9.10. The van der Waals surface area contributed by atoms with Crippen LogP contribution in [0.15, 0.2) is 24.4 Å². The van der Waals surface area contributed by atoms with Gasteiger partial charge in [0.05, 0.1) is 0 Å². The molecule has 0 radical (unpaired) electrons. The second-order valence-electron chi connectivity index (χ2n) is 3.14. The monoisotopic (exact) mass is 193 g/mol. The van der Waals surface area contributed by atoms with E-state index in [2.05, 4.69) is 4.98 Å². The van der Waals surface area contributed by atoms with E-state index in [4.69, 9.17) is 0 Å². The highest BCUT2D eigenvalue weighted by Gasteiger charge is 2.24. The summed E-state index contributed by atoms with van der Waals surface area (Å²) in [5.41, 5.74) is 0.620. The number of ketones is 1. The average molecular weight is 193 g/mol. The molecule has 13 heavy (non-hydrogen) atoms. The van der Waals surface area contributed by atoms with E-state index in [-0.39, 0.29) is 11.7 Å². The molecule has 1 fully saturated rings. The molecule has 1 aliphatic rings. The third-order valence-corrected chi connectivity index (χ3v) is 3.38. The smallest absolute Gasteiger partial charge is 0.185 e. The third kappa shape index (κ3) is 1.91. The van der Waals surface area contributed by atoms with Crippen molar-refractivity contribution in [2.75, 3.05) is 11.5 Å². The number of thioether (sulfide) groups is 1. The Morgan fingerprint density at radius 2 is 2.46 bits per heavy atom. The topological polar surface area (TPSA) is 30.0 Å². The van der Waals surface area contributed by atoms with Gasteiger partial charge in [-0.1, -0.05) is 6.07 Å². The van der Waals surface area contributed by atoms with E-state index in [1.807, 2.05) is 23.9 Å². The summed E-state index contributed by atoms with van der Waals surface area (Å²) in [6.45, 7) is 0. The van der Waals surface area contributed by atoms with E-state index in [1.165, 1.54) is 0 Å². The molecule has 2 rings (SSSR count). The zero-order valence-corrected chi connectivity index (χ0v) is 8.09. The van der Waals surface area contributed by atoms with E-state index < -0.39 is 0 Å². The van der Waals surface area contributed by atoms with Crippen molar-refractivity contribution in [1.29, 1.82) is 0 Å². The van der Waals surface area contributed by atoms with Gasteiger partial charge in [-0.05, 0) is 24.3 Å². The van der Waals surface area contributed by atoms with Gasteiger partial charge in [-0.2, -0.15) is 11.8 Å². The van der Waals surface area contributed by atoms with Crippen LogP contribution in [0.1, 0.15) is 16.9 Å². The third-order valence-electron chi connectivity index (χ3n) is 2.22. The molecule has 0 unspecified atom stereocenters. The number of carbonyl (C=O) groups is 1. The fourth-order valence-electron chi connectivity index (χ4n) is 1.46. The first-order chi connectivity index (χ1) is 6.38. The van der Waals surface area contributed by atoms with Crippen LogP contribution in [0.25, 0.3) is 0 Å². The Balaban J connectivity index is 2.13. The first-order valence-corrected chi connectivity index (χ1v) is 5.56. The second kappa shape index (κ2) is 3.92. The summed E-state index contributed by atoms with van der Waals surface area (Å²) in [5, 5.41) is 0. The van der Waals surface area contributed by atoms with E-state index in [0.29, 0.717) is 5.69 Å². The van der Waals surface area contributed by atoms with Gasteiger partial charge < -0.3 is 0 Å². The quantitative estimate of drug-likeness (QED) is 0.673. The largest absolute Gasteiger partial charge is 0.292 e. The van der Waals surface area contributed by atoms with Crippen molar-refractivity contribution in [2.45, 2.75) is 6.42 Å². The maximum absolute atomic E-state index is 11.8. The average Bonchev–Trinajstić information content (AvgIpc) is 2.71.